The largest absolute Gasteiger partial charge is 0.354 e. The second-order valence-electron chi connectivity index (χ2n) is 6.58. The topological polar surface area (TPSA) is 84.0 Å². The van der Waals surface area contributed by atoms with E-state index >= 15 is 0 Å². The van der Waals surface area contributed by atoms with Gasteiger partial charge in [0.25, 0.3) is 5.91 Å². The Kier molecular flexibility index (Phi) is 6.29. The van der Waals surface area contributed by atoms with Crippen molar-refractivity contribution < 1.29 is 14.0 Å². The fourth-order valence-electron chi connectivity index (χ4n) is 2.79. The molecule has 0 aliphatic heterocycles. The Morgan fingerprint density at radius 2 is 1.83 bits per heavy atom. The molecule has 2 N–H and O–H groups in total. The molecule has 0 bridgehead atoms. The van der Waals surface area contributed by atoms with Gasteiger partial charge in [-0.3, -0.25) is 9.59 Å². The number of nitrogens with one attached hydrogen (secondary N) is 2. The van der Waals surface area contributed by atoms with Crippen molar-refractivity contribution in [2.75, 3.05) is 17.2 Å². The maximum Gasteiger partial charge on any atom is 0.274 e. The van der Waals surface area contributed by atoms with Gasteiger partial charge in [0, 0.05) is 23.5 Å². The highest BCUT2D eigenvalue weighted by molar-refractivity contribution is 6.04. The van der Waals surface area contributed by atoms with Crippen molar-refractivity contribution in [2.45, 2.75) is 20.3 Å². The monoisotopic (exact) mass is 392 g/mol. The van der Waals surface area contributed by atoms with Crippen LogP contribution in [0.15, 0.2) is 54.6 Å². The normalized spacial score (nSPS) is 10.4. The Hall–Kier alpha value is -3.61. The highest BCUT2D eigenvalue weighted by Gasteiger charge is 2.12. The van der Waals surface area contributed by atoms with Crippen LogP contribution in [-0.4, -0.2) is 28.2 Å². The minimum Gasteiger partial charge on any atom is -0.354 e. The van der Waals surface area contributed by atoms with Gasteiger partial charge in [-0.15, -0.1) is 0 Å². The van der Waals surface area contributed by atoms with Crippen LogP contribution < -0.4 is 10.6 Å². The van der Waals surface area contributed by atoms with Crippen LogP contribution in [0, 0.1) is 12.7 Å². The first-order valence-electron chi connectivity index (χ1n) is 9.17. The molecule has 1 heterocycles. The van der Waals surface area contributed by atoms with E-state index in [1.807, 2.05) is 0 Å². The molecule has 0 spiro atoms. The number of aryl methyl sites for hydroxylation is 1. The van der Waals surface area contributed by atoms with Crippen LogP contribution >= 0.6 is 0 Å². The number of ketones is 1. The molecule has 0 fully saturated rings. The lowest BCUT2D eigenvalue weighted by Crippen LogP contribution is -2.17. The average molecular weight is 392 g/mol. The summed E-state index contributed by atoms with van der Waals surface area (Å²) in [6.45, 7) is 3.65. The number of hydrogen-bond acceptors (Lipinski definition) is 5. The Labute approximate surface area is 168 Å². The number of rotatable bonds is 7. The number of benzene rings is 2. The van der Waals surface area contributed by atoms with Crippen molar-refractivity contribution >= 4 is 23.3 Å². The standard InChI is InChI=1S/C22H21FN4O2/c1-14-12-20(21(29)26-18-8-5-7-17(13-18)15(2)28)27-22(25-14)24-11-10-16-6-3-4-9-19(16)23/h3-9,12-13H,10-11H2,1-2H3,(H,26,29)(H,24,25,27). The molecule has 6 nitrogen and oxygen atoms in total. The maximum atomic E-state index is 13.7. The van der Waals surface area contributed by atoms with Gasteiger partial charge in [-0.1, -0.05) is 30.3 Å². The van der Waals surface area contributed by atoms with Gasteiger partial charge in [-0.05, 0) is 50.1 Å². The lowest BCUT2D eigenvalue weighted by molar-refractivity contribution is 0.100. The predicted octanol–water partition coefficient (Wildman–Crippen LogP) is 4.03. The predicted molar refractivity (Wildman–Crippen MR) is 110 cm³/mol. The summed E-state index contributed by atoms with van der Waals surface area (Å²) in [5.74, 6) is -0.454. The summed E-state index contributed by atoms with van der Waals surface area (Å²) in [5, 5.41) is 5.77. The number of carbonyl (C=O) groups excluding carboxylic acids is 2. The Balaban J connectivity index is 1.68. The number of anilines is 2. The van der Waals surface area contributed by atoms with Gasteiger partial charge in [0.15, 0.2) is 5.78 Å². The second kappa shape index (κ2) is 9.05. The van der Waals surface area contributed by atoms with Crippen LogP contribution in [0.2, 0.25) is 0 Å². The molecular weight excluding hydrogens is 371 g/mol. The van der Waals surface area contributed by atoms with Crippen molar-refractivity contribution in [1.82, 2.24) is 9.97 Å². The summed E-state index contributed by atoms with van der Waals surface area (Å²) in [4.78, 5) is 32.6. The van der Waals surface area contributed by atoms with Crippen molar-refractivity contribution in [1.29, 1.82) is 0 Å². The molecule has 1 aromatic heterocycles. The van der Waals surface area contributed by atoms with E-state index in [-0.39, 0.29) is 17.3 Å². The number of carbonyl (C=O) groups is 2. The van der Waals surface area contributed by atoms with Crippen LogP contribution in [0.5, 0.6) is 0 Å². The molecule has 3 aromatic rings. The summed E-state index contributed by atoms with van der Waals surface area (Å²) < 4.78 is 13.7. The highest BCUT2D eigenvalue weighted by atomic mass is 19.1. The fourth-order valence-corrected chi connectivity index (χ4v) is 2.79. The van der Waals surface area contributed by atoms with Crippen molar-refractivity contribution in [3.8, 4) is 0 Å². The van der Waals surface area contributed by atoms with E-state index in [0.717, 1.165) is 0 Å². The lowest BCUT2D eigenvalue weighted by atomic mass is 10.1. The zero-order valence-electron chi connectivity index (χ0n) is 16.2. The van der Waals surface area contributed by atoms with E-state index in [9.17, 15) is 14.0 Å². The Morgan fingerprint density at radius 1 is 1.03 bits per heavy atom. The third kappa shape index (κ3) is 5.44. The third-order valence-electron chi connectivity index (χ3n) is 4.25. The molecule has 3 rings (SSSR count). The molecule has 0 radical (unpaired) electrons. The Bertz CT molecular complexity index is 1050. The molecule has 1 amide bonds. The minimum atomic E-state index is -0.409. The quantitative estimate of drug-likeness (QED) is 0.593. The number of amides is 1. The molecule has 29 heavy (non-hydrogen) atoms. The van der Waals surface area contributed by atoms with Gasteiger partial charge in [0.1, 0.15) is 11.5 Å². The molecule has 0 aliphatic carbocycles. The zero-order chi connectivity index (χ0) is 20.8. The van der Waals surface area contributed by atoms with E-state index in [1.54, 1.807) is 55.5 Å². The molecule has 0 aliphatic rings. The van der Waals surface area contributed by atoms with Crippen molar-refractivity contribution in [3.05, 3.63) is 82.9 Å². The number of Topliss-reactive ketones (excluding diaryl/α,β-unsaturated/α-hetero) is 1. The minimum absolute atomic E-state index is 0.0830. The van der Waals surface area contributed by atoms with Crippen LogP contribution in [0.3, 0.4) is 0 Å². The number of halogens is 1. The van der Waals surface area contributed by atoms with E-state index in [0.29, 0.717) is 41.4 Å². The van der Waals surface area contributed by atoms with E-state index < -0.39 is 5.91 Å². The van der Waals surface area contributed by atoms with E-state index in [4.69, 9.17) is 0 Å². The maximum absolute atomic E-state index is 13.7. The van der Waals surface area contributed by atoms with Crippen LogP contribution in [0.25, 0.3) is 0 Å². The smallest absolute Gasteiger partial charge is 0.274 e. The average Bonchev–Trinajstić information content (AvgIpc) is 2.69. The molecular formula is C22H21FN4O2. The first-order valence-corrected chi connectivity index (χ1v) is 9.17. The first kappa shape index (κ1) is 20.1. The summed E-state index contributed by atoms with van der Waals surface area (Å²) in [5.41, 5.74) is 2.43. The van der Waals surface area contributed by atoms with Gasteiger partial charge < -0.3 is 10.6 Å². The van der Waals surface area contributed by atoms with Crippen LogP contribution in [0.1, 0.15) is 39.0 Å². The molecule has 0 saturated carbocycles. The third-order valence-corrected chi connectivity index (χ3v) is 4.25. The Morgan fingerprint density at radius 3 is 2.59 bits per heavy atom. The summed E-state index contributed by atoms with van der Waals surface area (Å²) >= 11 is 0. The van der Waals surface area contributed by atoms with Gasteiger partial charge >= 0.3 is 0 Å². The zero-order valence-corrected chi connectivity index (χ0v) is 16.2. The van der Waals surface area contributed by atoms with E-state index in [1.165, 1.54) is 13.0 Å². The molecule has 7 heteroatoms. The number of nitrogens with zero attached hydrogens (tertiary/aromatic N) is 2. The molecule has 0 saturated heterocycles. The van der Waals surface area contributed by atoms with Gasteiger partial charge in [0.05, 0.1) is 0 Å². The van der Waals surface area contributed by atoms with Gasteiger partial charge in [0.2, 0.25) is 5.95 Å². The summed E-state index contributed by atoms with van der Waals surface area (Å²) in [6.07, 6.45) is 0.462. The SMILES string of the molecule is CC(=O)c1cccc(NC(=O)c2cc(C)nc(NCCc3ccccc3F)n2)c1. The van der Waals surface area contributed by atoms with Crippen molar-refractivity contribution in [2.24, 2.45) is 0 Å². The fraction of sp³-hybridized carbons (Fsp3) is 0.182. The van der Waals surface area contributed by atoms with E-state index in [2.05, 4.69) is 20.6 Å². The van der Waals surface area contributed by atoms with Crippen molar-refractivity contribution in [3.63, 3.8) is 0 Å². The van der Waals surface area contributed by atoms with Gasteiger partial charge in [-0.2, -0.15) is 0 Å². The second-order valence-corrected chi connectivity index (χ2v) is 6.58. The van der Waals surface area contributed by atoms with Crippen LogP contribution in [0.4, 0.5) is 16.0 Å². The molecule has 0 unspecified atom stereocenters. The lowest BCUT2D eigenvalue weighted by Gasteiger charge is -2.10. The highest BCUT2D eigenvalue weighted by Crippen LogP contribution is 2.14. The summed E-state index contributed by atoms with van der Waals surface area (Å²) in [7, 11) is 0. The number of hydrogen-bond donors (Lipinski definition) is 2. The van der Waals surface area contributed by atoms with Crippen LogP contribution in [-0.2, 0) is 6.42 Å². The van der Waals surface area contributed by atoms with Gasteiger partial charge in [-0.25, -0.2) is 14.4 Å². The molecule has 148 valence electrons. The summed E-state index contributed by atoms with van der Waals surface area (Å²) in [6, 6.07) is 14.8. The molecule has 0 atom stereocenters. The number of aromatic nitrogens is 2. The molecule has 2 aromatic carbocycles. The first-order chi connectivity index (χ1) is 13.9.